The molecule has 72 valence electrons. The molecule has 0 saturated carbocycles. The third-order valence-corrected chi connectivity index (χ3v) is 2.77. The Kier molecular flexibility index (Phi) is 1.85. The Balaban J connectivity index is 2.87. The van der Waals surface area contributed by atoms with Crippen molar-refractivity contribution in [1.29, 1.82) is 0 Å². The number of nitrogens with one attached hydrogen (secondary N) is 1. The topological polar surface area (TPSA) is 83.0 Å². The largest absolute Gasteiger partial charge is 0.477 e. The fourth-order valence-electron chi connectivity index (χ4n) is 1.18. The summed E-state index contributed by atoms with van der Waals surface area (Å²) in [6.45, 7) is 1.77. The first-order valence-corrected chi connectivity index (χ1v) is 4.59. The summed E-state index contributed by atoms with van der Waals surface area (Å²) in [6, 6.07) is 1.36. The van der Waals surface area contributed by atoms with Gasteiger partial charge in [-0.2, -0.15) is 4.37 Å². The van der Waals surface area contributed by atoms with Gasteiger partial charge in [-0.05, 0) is 24.5 Å². The van der Waals surface area contributed by atoms with Gasteiger partial charge in [0.15, 0.2) is 0 Å². The molecule has 2 aromatic heterocycles. The smallest absolute Gasteiger partial charge is 0.341 e. The first-order chi connectivity index (χ1) is 6.59. The van der Waals surface area contributed by atoms with Gasteiger partial charge < -0.3 is 10.1 Å². The van der Waals surface area contributed by atoms with Crippen LogP contribution in [0.5, 0.6) is 0 Å². The van der Waals surface area contributed by atoms with Crippen molar-refractivity contribution in [3.05, 3.63) is 27.7 Å². The molecule has 2 aromatic rings. The summed E-state index contributed by atoms with van der Waals surface area (Å²) < 4.78 is 4.02. The number of hydrogen-bond acceptors (Lipinski definition) is 4. The van der Waals surface area contributed by atoms with E-state index >= 15 is 0 Å². The Morgan fingerprint density at radius 2 is 2.36 bits per heavy atom. The maximum absolute atomic E-state index is 11.2. The third kappa shape index (κ3) is 1.20. The van der Waals surface area contributed by atoms with Crippen molar-refractivity contribution in [1.82, 2.24) is 9.36 Å². The lowest BCUT2D eigenvalue weighted by atomic mass is 10.2. The number of pyridine rings is 1. The number of rotatable bonds is 1. The molecule has 0 aromatic carbocycles. The van der Waals surface area contributed by atoms with Gasteiger partial charge in [-0.1, -0.05) is 0 Å². The molecule has 2 heterocycles. The molecule has 0 bridgehead atoms. The molecule has 14 heavy (non-hydrogen) atoms. The lowest BCUT2D eigenvalue weighted by Crippen LogP contribution is -2.16. The Hall–Kier alpha value is -1.69. The summed E-state index contributed by atoms with van der Waals surface area (Å²) in [5.74, 6) is -1.22. The second-order valence-electron chi connectivity index (χ2n) is 2.83. The van der Waals surface area contributed by atoms with Crippen LogP contribution in [0.3, 0.4) is 0 Å². The molecule has 0 aliphatic carbocycles. The highest BCUT2D eigenvalue weighted by Crippen LogP contribution is 2.18. The van der Waals surface area contributed by atoms with Crippen LogP contribution >= 0.6 is 11.5 Å². The van der Waals surface area contributed by atoms with E-state index in [4.69, 9.17) is 5.11 Å². The van der Waals surface area contributed by atoms with Crippen LogP contribution in [0.1, 0.15) is 16.1 Å². The minimum atomic E-state index is -1.22. The predicted octanol–water partition coefficient (Wildman–Crippen LogP) is 0.991. The van der Waals surface area contributed by atoms with Crippen LogP contribution in [-0.4, -0.2) is 20.4 Å². The van der Waals surface area contributed by atoms with Crippen molar-refractivity contribution < 1.29 is 9.90 Å². The average Bonchev–Trinajstić information content (AvgIpc) is 2.46. The van der Waals surface area contributed by atoms with E-state index in [1.165, 1.54) is 6.07 Å². The van der Waals surface area contributed by atoms with Gasteiger partial charge in [-0.3, -0.25) is 4.79 Å². The molecule has 0 saturated heterocycles. The number of carboxylic acid groups (broad SMARTS) is 1. The monoisotopic (exact) mass is 210 g/mol. The Labute approximate surface area is 82.2 Å². The van der Waals surface area contributed by atoms with Crippen molar-refractivity contribution in [2.75, 3.05) is 0 Å². The average molecular weight is 210 g/mol. The van der Waals surface area contributed by atoms with Crippen molar-refractivity contribution in [3.63, 3.8) is 0 Å². The van der Waals surface area contributed by atoms with Crippen molar-refractivity contribution >= 4 is 27.7 Å². The molecule has 0 fully saturated rings. The fraction of sp³-hybridized carbons (Fsp3) is 0.125. The summed E-state index contributed by atoms with van der Waals surface area (Å²) in [6.07, 6.45) is 0. The first-order valence-electron chi connectivity index (χ1n) is 3.82. The second-order valence-corrected chi connectivity index (χ2v) is 3.60. The van der Waals surface area contributed by atoms with E-state index in [1.54, 1.807) is 6.92 Å². The molecular formula is C8H6N2O3S. The minimum absolute atomic E-state index is 0.249. The maximum atomic E-state index is 11.2. The molecule has 0 unspecified atom stereocenters. The number of carbonyl (C=O) groups is 1. The highest BCUT2D eigenvalue weighted by atomic mass is 32.1. The number of aromatic carboxylic acids is 1. The van der Waals surface area contributed by atoms with E-state index in [2.05, 4.69) is 9.36 Å². The van der Waals surface area contributed by atoms with E-state index in [1.807, 2.05) is 0 Å². The molecule has 0 spiro atoms. The van der Waals surface area contributed by atoms with E-state index in [-0.39, 0.29) is 5.56 Å². The summed E-state index contributed by atoms with van der Waals surface area (Å²) in [5, 5.41) is 9.40. The van der Waals surface area contributed by atoms with Crippen LogP contribution < -0.4 is 5.56 Å². The van der Waals surface area contributed by atoms with Crippen molar-refractivity contribution in [3.8, 4) is 0 Å². The Morgan fingerprint density at radius 3 is 3.00 bits per heavy atom. The molecule has 0 amide bonds. The summed E-state index contributed by atoms with van der Waals surface area (Å²) >= 11 is 1.15. The van der Waals surface area contributed by atoms with Gasteiger partial charge in [0.2, 0.25) is 0 Å². The van der Waals surface area contributed by atoms with Gasteiger partial charge in [0.05, 0.1) is 5.69 Å². The van der Waals surface area contributed by atoms with Gasteiger partial charge in [-0.15, -0.1) is 0 Å². The van der Waals surface area contributed by atoms with Crippen LogP contribution in [0.25, 0.3) is 10.2 Å². The zero-order valence-corrected chi connectivity index (χ0v) is 8.01. The number of H-pyrrole nitrogens is 1. The zero-order valence-electron chi connectivity index (χ0n) is 7.20. The van der Waals surface area contributed by atoms with Crippen LogP contribution in [0.2, 0.25) is 0 Å². The van der Waals surface area contributed by atoms with Gasteiger partial charge in [0.1, 0.15) is 10.4 Å². The fourth-order valence-corrected chi connectivity index (χ4v) is 1.95. The van der Waals surface area contributed by atoms with E-state index in [0.717, 1.165) is 17.2 Å². The summed E-state index contributed by atoms with van der Waals surface area (Å²) in [5.41, 5.74) is -0.113. The summed E-state index contributed by atoms with van der Waals surface area (Å²) in [4.78, 5) is 25.0. The molecule has 0 radical (unpaired) electrons. The summed E-state index contributed by atoms with van der Waals surface area (Å²) in [7, 11) is 0. The SMILES string of the molecule is Cc1nsc2[nH]c(=O)c(C(=O)O)cc12. The van der Waals surface area contributed by atoms with E-state index < -0.39 is 11.5 Å². The minimum Gasteiger partial charge on any atom is -0.477 e. The number of nitrogens with zero attached hydrogens (tertiary/aromatic N) is 1. The van der Waals surface area contributed by atoms with Crippen molar-refractivity contribution in [2.45, 2.75) is 6.92 Å². The Bertz CT molecular complexity index is 569. The zero-order chi connectivity index (χ0) is 10.3. The molecule has 0 aliphatic heterocycles. The van der Waals surface area contributed by atoms with E-state index in [9.17, 15) is 9.59 Å². The van der Waals surface area contributed by atoms with Crippen LogP contribution in [-0.2, 0) is 0 Å². The lowest BCUT2D eigenvalue weighted by Gasteiger charge is -1.93. The van der Waals surface area contributed by atoms with Gasteiger partial charge in [0.25, 0.3) is 5.56 Å². The highest BCUT2D eigenvalue weighted by Gasteiger charge is 2.12. The second kappa shape index (κ2) is 2.91. The third-order valence-electron chi connectivity index (χ3n) is 1.90. The van der Waals surface area contributed by atoms with Crippen LogP contribution in [0, 0.1) is 6.92 Å². The van der Waals surface area contributed by atoms with Gasteiger partial charge in [-0.25, -0.2) is 4.79 Å². The number of aromatic nitrogens is 2. The highest BCUT2D eigenvalue weighted by molar-refractivity contribution is 7.12. The number of fused-ring (bicyclic) bond motifs is 1. The Morgan fingerprint density at radius 1 is 1.64 bits per heavy atom. The number of aromatic amines is 1. The van der Waals surface area contributed by atoms with E-state index in [0.29, 0.717) is 10.2 Å². The number of aryl methyl sites for hydroxylation is 1. The molecule has 2 rings (SSSR count). The maximum Gasteiger partial charge on any atom is 0.341 e. The van der Waals surface area contributed by atoms with Crippen LogP contribution in [0.4, 0.5) is 0 Å². The predicted molar refractivity (Wildman–Crippen MR) is 51.9 cm³/mol. The lowest BCUT2D eigenvalue weighted by molar-refractivity contribution is 0.0695. The quantitative estimate of drug-likeness (QED) is 0.735. The molecule has 2 N–H and O–H groups in total. The first kappa shape index (κ1) is 8.89. The molecular weight excluding hydrogens is 204 g/mol. The van der Waals surface area contributed by atoms with Gasteiger partial charge >= 0.3 is 5.97 Å². The standard InChI is InChI=1S/C8H6N2O3S/c1-3-4-2-5(8(12)13)6(11)9-7(4)14-10-3/h2H,1H3,(H,9,11)(H,12,13). The molecule has 0 aliphatic rings. The van der Waals surface area contributed by atoms with Crippen LogP contribution in [0.15, 0.2) is 10.9 Å². The molecule has 5 nitrogen and oxygen atoms in total. The normalized spacial score (nSPS) is 10.6. The number of hydrogen-bond donors (Lipinski definition) is 2. The number of carboxylic acids is 1. The van der Waals surface area contributed by atoms with Gasteiger partial charge in [0, 0.05) is 5.39 Å². The van der Waals surface area contributed by atoms with Crippen molar-refractivity contribution in [2.24, 2.45) is 0 Å². The molecule has 0 atom stereocenters. The molecule has 6 heteroatoms.